The van der Waals surface area contributed by atoms with Gasteiger partial charge in [-0.25, -0.2) is 8.42 Å². The molecular weight excluding hydrogens is 348 g/mol. The molecule has 7 heteroatoms. The van der Waals surface area contributed by atoms with Crippen LogP contribution < -0.4 is 9.46 Å². The molecule has 0 saturated carbocycles. The predicted octanol–water partition coefficient (Wildman–Crippen LogP) is 4.33. The first-order valence-electron chi connectivity index (χ1n) is 6.99. The van der Waals surface area contributed by atoms with E-state index in [1.54, 1.807) is 54.6 Å². The Morgan fingerprint density at radius 1 is 0.917 bits per heavy atom. The third-order valence-corrected chi connectivity index (χ3v) is 4.72. The van der Waals surface area contributed by atoms with Crippen LogP contribution in [0.4, 0.5) is 5.69 Å². The van der Waals surface area contributed by atoms with Crippen LogP contribution in [0.5, 0.6) is 11.5 Å². The van der Waals surface area contributed by atoms with E-state index in [1.807, 2.05) is 0 Å². The van der Waals surface area contributed by atoms with Crippen LogP contribution in [0.15, 0.2) is 78.0 Å². The largest absolute Gasteiger partial charge is 0.457 e. The van der Waals surface area contributed by atoms with E-state index in [9.17, 15) is 8.42 Å². The van der Waals surface area contributed by atoms with Crippen molar-refractivity contribution in [3.8, 4) is 11.5 Å². The van der Waals surface area contributed by atoms with E-state index in [4.69, 9.17) is 16.3 Å². The van der Waals surface area contributed by atoms with Gasteiger partial charge in [0.15, 0.2) is 0 Å². The number of hydrogen-bond donors (Lipinski definition) is 1. The number of ether oxygens (including phenoxy) is 1. The van der Waals surface area contributed by atoms with E-state index in [-0.39, 0.29) is 4.90 Å². The normalized spacial score (nSPS) is 11.0. The average molecular weight is 361 g/mol. The molecule has 0 aliphatic carbocycles. The summed E-state index contributed by atoms with van der Waals surface area (Å²) in [6.07, 6.45) is 2.81. The lowest BCUT2D eigenvalue weighted by molar-refractivity contribution is 0.483. The van der Waals surface area contributed by atoms with Crippen LogP contribution in [-0.2, 0) is 10.0 Å². The number of nitrogens with one attached hydrogen (secondary N) is 1. The molecule has 3 aromatic rings. The highest BCUT2D eigenvalue weighted by Crippen LogP contribution is 2.25. The molecule has 0 fully saturated rings. The van der Waals surface area contributed by atoms with Gasteiger partial charge in [0.1, 0.15) is 16.4 Å². The van der Waals surface area contributed by atoms with Crippen molar-refractivity contribution in [1.29, 1.82) is 0 Å². The number of pyridine rings is 1. The Hall–Kier alpha value is -2.57. The second-order valence-corrected chi connectivity index (χ2v) is 6.99. The number of benzene rings is 2. The van der Waals surface area contributed by atoms with Crippen molar-refractivity contribution < 1.29 is 13.2 Å². The minimum Gasteiger partial charge on any atom is -0.457 e. The molecule has 0 radical (unpaired) electrons. The van der Waals surface area contributed by atoms with Gasteiger partial charge in [0.25, 0.3) is 10.0 Å². The van der Waals surface area contributed by atoms with Crippen LogP contribution in [0.2, 0.25) is 5.02 Å². The molecule has 1 aromatic heterocycles. The van der Waals surface area contributed by atoms with Gasteiger partial charge in [-0.1, -0.05) is 11.6 Å². The van der Waals surface area contributed by atoms with Crippen LogP contribution in [0.1, 0.15) is 0 Å². The monoisotopic (exact) mass is 360 g/mol. The van der Waals surface area contributed by atoms with E-state index in [2.05, 4.69) is 9.71 Å². The first kappa shape index (κ1) is 16.3. The third-order valence-electron chi connectivity index (χ3n) is 3.10. The summed E-state index contributed by atoms with van der Waals surface area (Å²) < 4.78 is 32.6. The highest BCUT2D eigenvalue weighted by Gasteiger charge is 2.13. The number of anilines is 1. The molecule has 0 atom stereocenters. The number of nitrogens with zero attached hydrogens (tertiary/aromatic N) is 1. The molecule has 0 aliphatic rings. The van der Waals surface area contributed by atoms with Gasteiger partial charge in [-0.3, -0.25) is 9.71 Å². The predicted molar refractivity (Wildman–Crippen MR) is 93.0 cm³/mol. The molecule has 1 heterocycles. The van der Waals surface area contributed by atoms with Gasteiger partial charge in [-0.05, 0) is 60.7 Å². The second kappa shape index (κ2) is 6.90. The van der Waals surface area contributed by atoms with Gasteiger partial charge >= 0.3 is 0 Å². The maximum atomic E-state index is 12.2. The van der Waals surface area contributed by atoms with Crippen LogP contribution in [0.25, 0.3) is 0 Å². The topological polar surface area (TPSA) is 68.3 Å². The summed E-state index contributed by atoms with van der Waals surface area (Å²) in [4.78, 5) is 3.91. The van der Waals surface area contributed by atoms with Crippen molar-refractivity contribution in [3.05, 3.63) is 78.1 Å². The molecule has 5 nitrogen and oxygen atoms in total. The van der Waals surface area contributed by atoms with E-state index < -0.39 is 10.0 Å². The molecule has 0 amide bonds. The Kier molecular flexibility index (Phi) is 4.69. The summed E-state index contributed by atoms with van der Waals surface area (Å²) in [5.74, 6) is 1.23. The van der Waals surface area contributed by atoms with Crippen LogP contribution in [0, 0.1) is 0 Å². The molecule has 0 spiro atoms. The van der Waals surface area contributed by atoms with Gasteiger partial charge in [0, 0.05) is 23.1 Å². The van der Waals surface area contributed by atoms with Gasteiger partial charge in [0.05, 0.1) is 0 Å². The molecule has 0 aliphatic heterocycles. The highest BCUT2D eigenvalue weighted by molar-refractivity contribution is 7.92. The second-order valence-electron chi connectivity index (χ2n) is 4.87. The molecule has 0 unspecified atom stereocenters. The maximum absolute atomic E-state index is 12.2. The summed E-state index contributed by atoms with van der Waals surface area (Å²) >= 11 is 5.82. The first-order valence-corrected chi connectivity index (χ1v) is 8.85. The summed E-state index contributed by atoms with van der Waals surface area (Å²) in [7, 11) is -3.66. The lowest BCUT2D eigenvalue weighted by atomic mass is 10.3. The van der Waals surface area contributed by atoms with Gasteiger partial charge in [-0.15, -0.1) is 0 Å². The standard InChI is InChI=1S/C17H13ClN2O3S/c18-13-3-7-15(8-4-13)23-16-9-5-14(6-10-16)20-24(21,22)17-2-1-11-19-12-17/h1-12,20H. The van der Waals surface area contributed by atoms with E-state index in [0.29, 0.717) is 22.2 Å². The van der Waals surface area contributed by atoms with Gasteiger partial charge < -0.3 is 4.74 Å². The number of aromatic nitrogens is 1. The van der Waals surface area contributed by atoms with Crippen LogP contribution in [0.3, 0.4) is 0 Å². The first-order chi connectivity index (χ1) is 11.5. The van der Waals surface area contributed by atoms with E-state index in [1.165, 1.54) is 18.5 Å². The molecular formula is C17H13ClN2O3S. The Morgan fingerprint density at radius 3 is 2.12 bits per heavy atom. The average Bonchev–Trinajstić information content (AvgIpc) is 2.59. The maximum Gasteiger partial charge on any atom is 0.263 e. The third kappa shape index (κ3) is 4.04. The smallest absolute Gasteiger partial charge is 0.263 e. The molecule has 24 heavy (non-hydrogen) atoms. The zero-order chi connectivity index (χ0) is 17.0. The Balaban J connectivity index is 1.72. The van der Waals surface area contributed by atoms with Crippen LogP contribution >= 0.6 is 11.6 Å². The van der Waals surface area contributed by atoms with Crippen molar-refractivity contribution >= 4 is 27.3 Å². The summed E-state index contributed by atoms with van der Waals surface area (Å²) in [6, 6.07) is 16.6. The van der Waals surface area contributed by atoms with Crippen molar-refractivity contribution in [2.45, 2.75) is 4.90 Å². The molecule has 0 saturated heterocycles. The Morgan fingerprint density at radius 2 is 1.54 bits per heavy atom. The molecule has 1 N–H and O–H groups in total. The minimum atomic E-state index is -3.66. The lowest BCUT2D eigenvalue weighted by Crippen LogP contribution is -2.12. The molecule has 0 bridgehead atoms. The van der Waals surface area contributed by atoms with Crippen molar-refractivity contribution in [3.63, 3.8) is 0 Å². The molecule has 122 valence electrons. The van der Waals surface area contributed by atoms with Crippen molar-refractivity contribution in [1.82, 2.24) is 4.98 Å². The quantitative estimate of drug-likeness (QED) is 0.735. The molecule has 2 aromatic carbocycles. The zero-order valence-electron chi connectivity index (χ0n) is 12.4. The Labute approximate surface area is 144 Å². The summed E-state index contributed by atoms with van der Waals surface area (Å²) in [5, 5.41) is 0.627. The summed E-state index contributed by atoms with van der Waals surface area (Å²) in [5.41, 5.74) is 0.433. The number of hydrogen-bond acceptors (Lipinski definition) is 4. The highest BCUT2D eigenvalue weighted by atomic mass is 35.5. The SMILES string of the molecule is O=S(=O)(Nc1ccc(Oc2ccc(Cl)cc2)cc1)c1cccnc1. The van der Waals surface area contributed by atoms with Crippen molar-refractivity contribution in [2.24, 2.45) is 0 Å². The van der Waals surface area contributed by atoms with E-state index in [0.717, 1.165) is 0 Å². The number of rotatable bonds is 5. The van der Waals surface area contributed by atoms with Gasteiger partial charge in [-0.2, -0.15) is 0 Å². The zero-order valence-corrected chi connectivity index (χ0v) is 14.0. The minimum absolute atomic E-state index is 0.103. The van der Waals surface area contributed by atoms with Crippen LogP contribution in [-0.4, -0.2) is 13.4 Å². The summed E-state index contributed by atoms with van der Waals surface area (Å²) in [6.45, 7) is 0. The number of sulfonamides is 1. The fourth-order valence-corrected chi connectivity index (χ4v) is 3.10. The number of halogens is 1. The fourth-order valence-electron chi connectivity index (χ4n) is 1.95. The fraction of sp³-hybridized carbons (Fsp3) is 0. The van der Waals surface area contributed by atoms with Crippen molar-refractivity contribution in [2.75, 3.05) is 4.72 Å². The van der Waals surface area contributed by atoms with Gasteiger partial charge in [0.2, 0.25) is 0 Å². The Bertz CT molecular complexity index is 912. The lowest BCUT2D eigenvalue weighted by Gasteiger charge is -2.09. The van der Waals surface area contributed by atoms with E-state index >= 15 is 0 Å². The molecule has 3 rings (SSSR count).